The van der Waals surface area contributed by atoms with Crippen LogP contribution < -0.4 is 5.32 Å². The van der Waals surface area contributed by atoms with Crippen LogP contribution in [-0.2, 0) is 21.3 Å². The first-order valence-electron chi connectivity index (χ1n) is 7.31. The minimum Gasteiger partial charge on any atom is -0.380 e. The van der Waals surface area contributed by atoms with E-state index in [9.17, 15) is 8.42 Å². The van der Waals surface area contributed by atoms with E-state index in [0.29, 0.717) is 43.8 Å². The summed E-state index contributed by atoms with van der Waals surface area (Å²) < 4.78 is 32.8. The molecular weight excluding hydrogens is 308 g/mol. The predicted molar refractivity (Wildman–Crippen MR) is 85.2 cm³/mol. The lowest BCUT2D eigenvalue weighted by Crippen LogP contribution is -2.34. The van der Waals surface area contributed by atoms with Crippen molar-refractivity contribution in [2.75, 3.05) is 26.3 Å². The first-order chi connectivity index (χ1) is 9.93. The largest absolute Gasteiger partial charge is 0.380 e. The summed E-state index contributed by atoms with van der Waals surface area (Å²) in [5.74, 6) is 0. The minimum atomic E-state index is -3.43. The second-order valence-corrected chi connectivity index (χ2v) is 8.42. The highest BCUT2D eigenvalue weighted by atomic mass is 32.2. The maximum atomic E-state index is 12.9. The van der Waals surface area contributed by atoms with E-state index in [1.165, 1.54) is 11.3 Å². The van der Waals surface area contributed by atoms with E-state index in [1.807, 2.05) is 12.3 Å². The Morgan fingerprint density at radius 1 is 1.38 bits per heavy atom. The molecule has 2 heterocycles. The van der Waals surface area contributed by atoms with Crippen LogP contribution in [0.3, 0.4) is 0 Å². The highest BCUT2D eigenvalue weighted by Gasteiger charge is 2.30. The van der Waals surface area contributed by atoms with Crippen molar-refractivity contribution in [1.29, 1.82) is 0 Å². The van der Waals surface area contributed by atoms with Gasteiger partial charge in [-0.2, -0.15) is 4.31 Å². The fourth-order valence-electron chi connectivity index (χ4n) is 2.35. The number of rotatable bonds is 5. The minimum absolute atomic E-state index is 0.328. The number of nitrogens with one attached hydrogen (secondary N) is 1. The van der Waals surface area contributed by atoms with Crippen molar-refractivity contribution in [2.45, 2.75) is 44.7 Å². The van der Waals surface area contributed by atoms with Crippen LogP contribution in [0.2, 0.25) is 0 Å². The van der Waals surface area contributed by atoms with E-state index in [2.05, 4.69) is 19.2 Å². The molecule has 0 radical (unpaired) electrons. The molecule has 0 spiro atoms. The van der Waals surface area contributed by atoms with E-state index in [0.717, 1.165) is 16.9 Å². The molecule has 120 valence electrons. The van der Waals surface area contributed by atoms with Gasteiger partial charge in [0, 0.05) is 37.2 Å². The van der Waals surface area contributed by atoms with E-state index in [-0.39, 0.29) is 0 Å². The second kappa shape index (κ2) is 7.19. The number of hydrogen-bond acceptors (Lipinski definition) is 5. The van der Waals surface area contributed by atoms with Gasteiger partial charge >= 0.3 is 0 Å². The molecule has 0 saturated carbocycles. The molecule has 1 aliphatic rings. The third-order valence-electron chi connectivity index (χ3n) is 3.44. The first kappa shape index (κ1) is 16.9. The Bertz CT molecular complexity index is 559. The molecule has 1 N–H and O–H groups in total. The Morgan fingerprint density at radius 3 is 2.86 bits per heavy atom. The molecule has 5 nitrogen and oxygen atoms in total. The van der Waals surface area contributed by atoms with Crippen LogP contribution in [0.5, 0.6) is 0 Å². The van der Waals surface area contributed by atoms with Gasteiger partial charge in [0.05, 0.1) is 6.61 Å². The number of sulfonamides is 1. The van der Waals surface area contributed by atoms with Gasteiger partial charge in [-0.3, -0.25) is 0 Å². The van der Waals surface area contributed by atoms with Crippen molar-refractivity contribution in [3.63, 3.8) is 0 Å². The summed E-state index contributed by atoms with van der Waals surface area (Å²) in [6.07, 6.45) is 0.752. The molecule has 0 amide bonds. The molecule has 0 aromatic carbocycles. The van der Waals surface area contributed by atoms with Crippen molar-refractivity contribution in [3.05, 3.63) is 15.8 Å². The Balaban J connectivity index is 2.28. The van der Waals surface area contributed by atoms with Crippen LogP contribution in [0.25, 0.3) is 0 Å². The summed E-state index contributed by atoms with van der Waals surface area (Å²) in [6.45, 7) is 8.66. The highest BCUT2D eigenvalue weighted by Crippen LogP contribution is 2.30. The summed E-state index contributed by atoms with van der Waals surface area (Å²) in [6, 6.07) is 0.328. The Hall–Kier alpha value is -0.470. The molecule has 0 unspecified atom stereocenters. The van der Waals surface area contributed by atoms with Crippen molar-refractivity contribution >= 4 is 21.4 Å². The molecule has 1 fully saturated rings. The third kappa shape index (κ3) is 4.04. The Kier molecular flexibility index (Phi) is 5.79. The van der Waals surface area contributed by atoms with Crippen LogP contribution in [0, 0.1) is 6.92 Å². The summed E-state index contributed by atoms with van der Waals surface area (Å²) in [4.78, 5) is 1.38. The summed E-state index contributed by atoms with van der Waals surface area (Å²) in [5, 5.41) is 5.23. The van der Waals surface area contributed by atoms with Gasteiger partial charge in [-0.05, 0) is 24.3 Å². The van der Waals surface area contributed by atoms with Gasteiger partial charge in [-0.15, -0.1) is 11.3 Å². The summed E-state index contributed by atoms with van der Waals surface area (Å²) in [5.41, 5.74) is 0.839. The van der Waals surface area contributed by atoms with Gasteiger partial charge in [0.25, 0.3) is 0 Å². The molecule has 21 heavy (non-hydrogen) atoms. The second-order valence-electron chi connectivity index (χ2n) is 5.58. The van der Waals surface area contributed by atoms with Gasteiger partial charge in [0.15, 0.2) is 0 Å². The van der Waals surface area contributed by atoms with Crippen molar-refractivity contribution in [1.82, 2.24) is 9.62 Å². The van der Waals surface area contributed by atoms with Gasteiger partial charge in [0.1, 0.15) is 4.90 Å². The molecule has 0 aliphatic carbocycles. The van der Waals surface area contributed by atoms with E-state index in [4.69, 9.17) is 4.74 Å². The van der Waals surface area contributed by atoms with Crippen LogP contribution in [0.4, 0.5) is 0 Å². The average Bonchev–Trinajstić information content (AvgIpc) is 2.65. The van der Waals surface area contributed by atoms with Crippen LogP contribution in [0.15, 0.2) is 10.3 Å². The zero-order chi connectivity index (χ0) is 15.5. The van der Waals surface area contributed by atoms with Gasteiger partial charge in [-0.1, -0.05) is 13.8 Å². The normalized spacial score (nSPS) is 18.1. The molecule has 0 atom stereocenters. The van der Waals surface area contributed by atoms with E-state index < -0.39 is 10.0 Å². The molecule has 7 heteroatoms. The van der Waals surface area contributed by atoms with Gasteiger partial charge in [-0.25, -0.2) is 8.42 Å². The van der Waals surface area contributed by atoms with E-state index >= 15 is 0 Å². The SMILES string of the molecule is Cc1csc(CNC(C)C)c1S(=O)(=O)N1CCCOCC1. The zero-order valence-electron chi connectivity index (χ0n) is 12.9. The van der Waals surface area contributed by atoms with E-state index in [1.54, 1.807) is 4.31 Å². The predicted octanol–water partition coefficient (Wildman–Crippen LogP) is 1.97. The molecule has 1 aromatic heterocycles. The molecule has 2 rings (SSSR count). The van der Waals surface area contributed by atoms with Crippen molar-refractivity contribution in [3.8, 4) is 0 Å². The van der Waals surface area contributed by atoms with Crippen LogP contribution in [0.1, 0.15) is 30.7 Å². The maximum Gasteiger partial charge on any atom is 0.244 e. The maximum absolute atomic E-state index is 12.9. The van der Waals surface area contributed by atoms with Crippen LogP contribution in [-0.4, -0.2) is 45.1 Å². The number of nitrogens with zero attached hydrogens (tertiary/aromatic N) is 1. The average molecular weight is 332 g/mol. The third-order valence-corrected chi connectivity index (χ3v) is 6.80. The molecule has 1 aromatic rings. The summed E-state index contributed by atoms with van der Waals surface area (Å²) in [7, 11) is -3.43. The Labute approximate surface area is 131 Å². The zero-order valence-corrected chi connectivity index (χ0v) is 14.5. The lowest BCUT2D eigenvalue weighted by molar-refractivity contribution is 0.148. The van der Waals surface area contributed by atoms with Gasteiger partial charge in [0.2, 0.25) is 10.0 Å². The first-order valence-corrected chi connectivity index (χ1v) is 9.63. The fourth-order valence-corrected chi connectivity index (χ4v) is 5.52. The highest BCUT2D eigenvalue weighted by molar-refractivity contribution is 7.89. The van der Waals surface area contributed by atoms with Crippen molar-refractivity contribution < 1.29 is 13.2 Å². The quantitative estimate of drug-likeness (QED) is 0.895. The molecule has 1 saturated heterocycles. The van der Waals surface area contributed by atoms with Crippen LogP contribution >= 0.6 is 11.3 Å². The monoisotopic (exact) mass is 332 g/mol. The topological polar surface area (TPSA) is 58.6 Å². The van der Waals surface area contributed by atoms with Crippen molar-refractivity contribution in [2.24, 2.45) is 0 Å². The molecular formula is C14H24N2O3S2. The fraction of sp³-hybridized carbons (Fsp3) is 0.714. The standard InChI is InChI=1S/C14H24N2O3S2/c1-11(2)15-9-13-14(12(3)10-20-13)21(17,18)16-5-4-7-19-8-6-16/h10-11,15H,4-9H2,1-3H3. The molecule has 1 aliphatic heterocycles. The number of thiophene rings is 1. The lowest BCUT2D eigenvalue weighted by Gasteiger charge is -2.20. The molecule has 0 bridgehead atoms. The smallest absolute Gasteiger partial charge is 0.244 e. The number of aryl methyl sites for hydroxylation is 1. The lowest BCUT2D eigenvalue weighted by atomic mass is 10.3. The summed E-state index contributed by atoms with van der Waals surface area (Å²) >= 11 is 1.51. The Morgan fingerprint density at radius 2 is 2.14 bits per heavy atom. The number of ether oxygens (including phenoxy) is 1. The van der Waals surface area contributed by atoms with Gasteiger partial charge < -0.3 is 10.1 Å². The number of hydrogen-bond donors (Lipinski definition) is 1.